The van der Waals surface area contributed by atoms with Crippen LogP contribution in [-0.2, 0) is 4.74 Å². The fraction of sp³-hybridized carbons (Fsp3) is 0.684. The highest BCUT2D eigenvalue weighted by Gasteiger charge is 2.24. The second-order valence-corrected chi connectivity index (χ2v) is 7.52. The third-order valence-electron chi connectivity index (χ3n) is 4.84. The van der Waals surface area contributed by atoms with E-state index in [1.165, 1.54) is 19.5 Å². The van der Waals surface area contributed by atoms with Crippen LogP contribution in [0.5, 0.6) is 5.75 Å². The lowest BCUT2D eigenvalue weighted by atomic mass is 9.92. The third kappa shape index (κ3) is 5.66. The highest BCUT2D eigenvalue weighted by molar-refractivity contribution is 6.31. The molecule has 1 fully saturated rings. The predicted octanol–water partition coefficient (Wildman–Crippen LogP) is 2.91. The van der Waals surface area contributed by atoms with Gasteiger partial charge in [0.05, 0.1) is 26.3 Å². The summed E-state index contributed by atoms with van der Waals surface area (Å²) in [5, 5.41) is 0.791. The molecular formula is C19H31ClNO2+. The second-order valence-electron chi connectivity index (χ2n) is 7.11. The third-order valence-corrected chi connectivity index (χ3v) is 5.25. The Balaban J connectivity index is 1.62. The highest BCUT2D eigenvalue weighted by atomic mass is 35.5. The number of piperidine rings is 1. The molecule has 23 heavy (non-hydrogen) atoms. The van der Waals surface area contributed by atoms with E-state index in [2.05, 4.69) is 13.8 Å². The molecule has 0 spiro atoms. The Hall–Kier alpha value is -0.770. The number of ether oxygens (including phenoxy) is 2. The van der Waals surface area contributed by atoms with Crippen LogP contribution in [0.1, 0.15) is 31.4 Å². The van der Waals surface area contributed by atoms with Gasteiger partial charge >= 0.3 is 0 Å². The van der Waals surface area contributed by atoms with Gasteiger partial charge in [-0.1, -0.05) is 25.4 Å². The Morgan fingerprint density at radius 3 is 2.43 bits per heavy atom. The lowest BCUT2D eigenvalue weighted by Crippen LogP contribution is -3.14. The Morgan fingerprint density at radius 2 is 1.74 bits per heavy atom. The molecule has 1 aromatic carbocycles. The maximum absolute atomic E-state index is 6.10. The van der Waals surface area contributed by atoms with E-state index < -0.39 is 0 Å². The molecule has 2 rings (SSSR count). The van der Waals surface area contributed by atoms with Gasteiger partial charge in [0, 0.05) is 16.9 Å². The Kier molecular flexibility index (Phi) is 7.19. The number of hydrogen-bond acceptors (Lipinski definition) is 2. The molecule has 1 saturated heterocycles. The summed E-state index contributed by atoms with van der Waals surface area (Å²) in [5.74, 6) is 2.58. The lowest BCUT2D eigenvalue weighted by molar-refractivity contribution is -0.912. The number of rotatable bonds is 7. The van der Waals surface area contributed by atoms with E-state index in [9.17, 15) is 0 Å². The summed E-state index contributed by atoms with van der Waals surface area (Å²) in [4.78, 5) is 1.68. The van der Waals surface area contributed by atoms with E-state index in [4.69, 9.17) is 21.1 Å². The molecule has 0 aromatic heterocycles. The summed E-state index contributed by atoms with van der Waals surface area (Å²) in [6.07, 6.45) is 1.37. The number of likely N-dealkylation sites (tertiary alicyclic amines) is 1. The van der Waals surface area contributed by atoms with Crippen molar-refractivity contribution in [1.82, 2.24) is 0 Å². The van der Waals surface area contributed by atoms with Gasteiger partial charge in [-0.25, -0.2) is 0 Å². The van der Waals surface area contributed by atoms with Crippen LogP contribution in [0, 0.1) is 25.7 Å². The molecule has 2 atom stereocenters. The molecule has 0 aliphatic carbocycles. The maximum atomic E-state index is 6.10. The van der Waals surface area contributed by atoms with E-state index >= 15 is 0 Å². The predicted molar refractivity (Wildman–Crippen MR) is 95.7 cm³/mol. The van der Waals surface area contributed by atoms with Crippen molar-refractivity contribution < 1.29 is 14.4 Å². The van der Waals surface area contributed by atoms with Crippen molar-refractivity contribution in [1.29, 1.82) is 0 Å². The molecular weight excluding hydrogens is 310 g/mol. The van der Waals surface area contributed by atoms with Crippen LogP contribution in [0.3, 0.4) is 0 Å². The van der Waals surface area contributed by atoms with E-state index in [1.54, 1.807) is 4.90 Å². The molecule has 1 heterocycles. The van der Waals surface area contributed by atoms with Gasteiger partial charge in [-0.15, -0.1) is 0 Å². The van der Waals surface area contributed by atoms with Gasteiger partial charge < -0.3 is 14.4 Å². The number of quaternary nitrogens is 1. The average Bonchev–Trinajstić information content (AvgIpc) is 2.49. The van der Waals surface area contributed by atoms with Crippen molar-refractivity contribution in [2.75, 3.05) is 39.5 Å². The summed E-state index contributed by atoms with van der Waals surface area (Å²) in [6, 6.07) is 3.83. The van der Waals surface area contributed by atoms with Crippen LogP contribution < -0.4 is 9.64 Å². The largest absolute Gasteiger partial charge is 0.491 e. The minimum atomic E-state index is 0.587. The van der Waals surface area contributed by atoms with Crippen molar-refractivity contribution in [2.45, 2.75) is 34.1 Å². The van der Waals surface area contributed by atoms with Gasteiger partial charge in [-0.3, -0.25) is 0 Å². The number of hydrogen-bond donors (Lipinski definition) is 1. The number of halogens is 1. The van der Waals surface area contributed by atoms with Crippen LogP contribution in [0.4, 0.5) is 0 Å². The topological polar surface area (TPSA) is 22.9 Å². The maximum Gasteiger partial charge on any atom is 0.122 e. The Labute approximate surface area is 145 Å². The molecule has 3 nitrogen and oxygen atoms in total. The van der Waals surface area contributed by atoms with Crippen molar-refractivity contribution >= 4 is 11.6 Å². The molecule has 130 valence electrons. The summed E-state index contributed by atoms with van der Waals surface area (Å²) >= 11 is 6.10. The zero-order valence-electron chi connectivity index (χ0n) is 15.0. The fourth-order valence-corrected chi connectivity index (χ4v) is 3.78. The van der Waals surface area contributed by atoms with E-state index in [0.29, 0.717) is 13.2 Å². The first-order valence-corrected chi connectivity index (χ1v) is 9.15. The molecule has 4 heteroatoms. The van der Waals surface area contributed by atoms with E-state index in [1.807, 2.05) is 26.0 Å². The van der Waals surface area contributed by atoms with Crippen molar-refractivity contribution in [2.24, 2.45) is 11.8 Å². The fourth-order valence-electron chi connectivity index (χ4n) is 3.57. The Bertz CT molecular complexity index is 496. The first-order valence-electron chi connectivity index (χ1n) is 8.77. The van der Waals surface area contributed by atoms with Crippen molar-refractivity contribution in [3.63, 3.8) is 0 Å². The van der Waals surface area contributed by atoms with Gasteiger partial charge in [0.2, 0.25) is 0 Å². The lowest BCUT2D eigenvalue weighted by Gasteiger charge is -2.31. The molecule has 0 bridgehead atoms. The minimum absolute atomic E-state index is 0.587. The van der Waals surface area contributed by atoms with Gasteiger partial charge in [-0.2, -0.15) is 0 Å². The van der Waals surface area contributed by atoms with Gasteiger partial charge in [0.1, 0.15) is 18.9 Å². The zero-order valence-corrected chi connectivity index (χ0v) is 15.7. The van der Waals surface area contributed by atoms with Crippen molar-refractivity contribution in [3.05, 3.63) is 28.3 Å². The SMILES string of the molecule is Cc1c(Cl)ccc(OCCOCC[NH+]2C[C@H](C)C[C@@H](C)C2)c1C. The van der Waals surface area contributed by atoms with Gasteiger partial charge in [0.15, 0.2) is 0 Å². The van der Waals surface area contributed by atoms with Crippen molar-refractivity contribution in [3.8, 4) is 5.75 Å². The van der Waals surface area contributed by atoms with E-state index in [0.717, 1.165) is 46.9 Å². The molecule has 0 saturated carbocycles. The summed E-state index contributed by atoms with van der Waals surface area (Å²) < 4.78 is 11.6. The number of benzene rings is 1. The van der Waals surface area contributed by atoms with Gasteiger partial charge in [-0.05, 0) is 43.5 Å². The van der Waals surface area contributed by atoms with Gasteiger partial charge in [0.25, 0.3) is 0 Å². The quantitative estimate of drug-likeness (QED) is 0.771. The van der Waals surface area contributed by atoms with Crippen LogP contribution in [0.25, 0.3) is 0 Å². The zero-order chi connectivity index (χ0) is 16.8. The molecule has 0 unspecified atom stereocenters. The summed E-state index contributed by atoms with van der Waals surface area (Å²) in [7, 11) is 0. The Morgan fingerprint density at radius 1 is 1.04 bits per heavy atom. The first kappa shape index (κ1) is 18.6. The summed E-state index contributed by atoms with van der Waals surface area (Å²) in [5.41, 5.74) is 2.19. The normalized spacial score (nSPS) is 24.7. The minimum Gasteiger partial charge on any atom is -0.491 e. The smallest absolute Gasteiger partial charge is 0.122 e. The average molecular weight is 341 g/mol. The van der Waals surface area contributed by atoms with Crippen LogP contribution in [0.2, 0.25) is 5.02 Å². The molecule has 0 amide bonds. The number of nitrogens with one attached hydrogen (secondary N) is 1. The highest BCUT2D eigenvalue weighted by Crippen LogP contribution is 2.27. The van der Waals surface area contributed by atoms with Crippen LogP contribution >= 0.6 is 11.6 Å². The molecule has 1 aromatic rings. The monoisotopic (exact) mass is 340 g/mol. The second kappa shape index (κ2) is 8.91. The standard InChI is InChI=1S/C19H30ClNO2/c1-14-11-15(2)13-21(12-14)7-8-22-9-10-23-19-6-5-18(20)16(3)17(19)4/h5-6,14-15H,7-13H2,1-4H3/p+1/t14-,15-/m1/s1. The van der Waals surface area contributed by atoms with Crippen LogP contribution in [0.15, 0.2) is 12.1 Å². The molecule has 1 aliphatic heterocycles. The first-order chi connectivity index (χ1) is 11.0. The molecule has 1 aliphatic rings. The molecule has 0 radical (unpaired) electrons. The van der Waals surface area contributed by atoms with Crippen LogP contribution in [-0.4, -0.2) is 39.5 Å². The van der Waals surface area contributed by atoms with E-state index in [-0.39, 0.29) is 0 Å². The molecule has 1 N–H and O–H groups in total. The summed E-state index contributed by atoms with van der Waals surface area (Å²) in [6.45, 7) is 14.5.